The van der Waals surface area contributed by atoms with Gasteiger partial charge in [-0.2, -0.15) is 5.26 Å². The lowest BCUT2D eigenvalue weighted by Gasteiger charge is -1.99. The number of amides is 2. The van der Waals surface area contributed by atoms with E-state index in [0.29, 0.717) is 5.13 Å². The highest BCUT2D eigenvalue weighted by Gasteiger charge is 2.15. The van der Waals surface area contributed by atoms with Crippen molar-refractivity contribution in [3.63, 3.8) is 0 Å². The number of rotatable bonds is 2. The van der Waals surface area contributed by atoms with Crippen LogP contribution in [0.15, 0.2) is 18.2 Å². The number of carbonyl (C=O) groups is 2. The fourth-order valence-corrected chi connectivity index (χ4v) is 2.40. The van der Waals surface area contributed by atoms with Crippen molar-refractivity contribution in [3.05, 3.63) is 23.8 Å². The van der Waals surface area contributed by atoms with Crippen LogP contribution in [0.3, 0.4) is 0 Å². The lowest BCUT2D eigenvalue weighted by Crippen LogP contribution is -2.35. The first-order chi connectivity index (χ1) is 9.10. The molecule has 2 amide bonds. The van der Waals surface area contributed by atoms with Crippen LogP contribution in [-0.4, -0.2) is 23.3 Å². The van der Waals surface area contributed by atoms with E-state index in [0.717, 1.165) is 15.8 Å². The molecule has 1 aromatic heterocycles. The smallest absolute Gasteiger partial charge is 0.315 e. The average Bonchev–Trinajstić information content (AvgIpc) is 2.77. The van der Waals surface area contributed by atoms with Gasteiger partial charge < -0.3 is 5.32 Å². The van der Waals surface area contributed by atoms with E-state index in [-0.39, 0.29) is 6.54 Å². The van der Waals surface area contributed by atoms with Crippen LogP contribution in [-0.2, 0) is 9.59 Å². The number of nitrogens with zero attached hydrogens (tertiary/aromatic N) is 2. The number of hydrogen-bond acceptors (Lipinski definition) is 5. The number of aryl methyl sites for hydroxylation is 1. The summed E-state index contributed by atoms with van der Waals surface area (Å²) in [5.41, 5.74) is 1.86. The molecule has 0 spiro atoms. The number of nitriles is 1. The first-order valence-corrected chi connectivity index (χ1v) is 6.25. The third-order valence-corrected chi connectivity index (χ3v) is 3.23. The molecule has 0 atom stereocenters. The molecule has 96 valence electrons. The van der Waals surface area contributed by atoms with E-state index in [1.165, 1.54) is 11.3 Å². The maximum Gasteiger partial charge on any atom is 0.315 e. The Kier molecular flexibility index (Phi) is 3.73. The van der Waals surface area contributed by atoms with Gasteiger partial charge in [0.25, 0.3) is 0 Å². The van der Waals surface area contributed by atoms with Crippen molar-refractivity contribution in [2.75, 3.05) is 11.9 Å². The molecule has 0 saturated carbocycles. The quantitative estimate of drug-likeness (QED) is 0.635. The number of anilines is 1. The number of hydrogen-bond donors (Lipinski definition) is 2. The molecular formula is C12H10N4O2S. The van der Waals surface area contributed by atoms with Gasteiger partial charge in [0.15, 0.2) is 5.13 Å². The molecule has 0 aliphatic rings. The molecule has 19 heavy (non-hydrogen) atoms. The minimum Gasteiger partial charge on any atom is -0.335 e. The summed E-state index contributed by atoms with van der Waals surface area (Å²) in [6.45, 7) is 1.76. The molecule has 0 radical (unpaired) electrons. The summed E-state index contributed by atoms with van der Waals surface area (Å²) in [6, 6.07) is 7.45. The SMILES string of the molecule is Cc1ccc2nc(NC(=O)C(=O)NCC#N)sc2c1. The van der Waals surface area contributed by atoms with Crippen LogP contribution in [0.4, 0.5) is 5.13 Å². The van der Waals surface area contributed by atoms with Crippen LogP contribution < -0.4 is 10.6 Å². The molecule has 0 aliphatic carbocycles. The number of nitrogens with one attached hydrogen (secondary N) is 2. The fraction of sp³-hybridized carbons (Fsp3) is 0.167. The largest absolute Gasteiger partial charge is 0.335 e. The van der Waals surface area contributed by atoms with Gasteiger partial charge in [-0.25, -0.2) is 4.98 Å². The van der Waals surface area contributed by atoms with Gasteiger partial charge in [-0.05, 0) is 24.6 Å². The number of benzene rings is 1. The number of carbonyl (C=O) groups excluding carboxylic acids is 2. The predicted octanol–water partition coefficient (Wildman–Crippen LogP) is 1.18. The summed E-state index contributed by atoms with van der Waals surface area (Å²) >= 11 is 1.29. The lowest BCUT2D eigenvalue weighted by molar-refractivity contribution is -0.136. The Balaban J connectivity index is 2.11. The van der Waals surface area contributed by atoms with Crippen molar-refractivity contribution < 1.29 is 9.59 Å². The van der Waals surface area contributed by atoms with Crippen molar-refractivity contribution >= 4 is 38.5 Å². The van der Waals surface area contributed by atoms with E-state index in [2.05, 4.69) is 15.6 Å². The summed E-state index contributed by atoms with van der Waals surface area (Å²) in [5, 5.41) is 13.2. The molecule has 0 bridgehead atoms. The number of fused-ring (bicyclic) bond motifs is 1. The second-order valence-corrected chi connectivity index (χ2v) is 4.82. The van der Waals surface area contributed by atoms with Gasteiger partial charge in [0.1, 0.15) is 6.54 Å². The van der Waals surface area contributed by atoms with Crippen LogP contribution in [0.5, 0.6) is 0 Å². The molecule has 0 saturated heterocycles. The first kappa shape index (κ1) is 13.0. The highest BCUT2D eigenvalue weighted by Crippen LogP contribution is 2.26. The van der Waals surface area contributed by atoms with E-state index in [1.54, 1.807) is 6.07 Å². The zero-order valence-corrected chi connectivity index (χ0v) is 10.9. The summed E-state index contributed by atoms with van der Waals surface area (Å²) < 4.78 is 0.938. The Morgan fingerprint density at radius 3 is 2.95 bits per heavy atom. The molecule has 6 nitrogen and oxygen atoms in total. The second-order valence-electron chi connectivity index (χ2n) is 3.79. The van der Waals surface area contributed by atoms with Crippen LogP contribution >= 0.6 is 11.3 Å². The van der Waals surface area contributed by atoms with Crippen LogP contribution in [0.1, 0.15) is 5.56 Å². The predicted molar refractivity (Wildman–Crippen MR) is 71.6 cm³/mol. The van der Waals surface area contributed by atoms with Crippen molar-refractivity contribution in [1.82, 2.24) is 10.3 Å². The molecule has 2 N–H and O–H groups in total. The van der Waals surface area contributed by atoms with Gasteiger partial charge in [-0.15, -0.1) is 0 Å². The van der Waals surface area contributed by atoms with Crippen LogP contribution in [0, 0.1) is 18.3 Å². The van der Waals surface area contributed by atoms with Gasteiger partial charge in [-0.3, -0.25) is 14.9 Å². The maximum atomic E-state index is 11.5. The Labute approximate surface area is 113 Å². The molecule has 2 aromatic rings. The molecule has 2 rings (SSSR count). The molecule has 7 heteroatoms. The molecular weight excluding hydrogens is 264 g/mol. The van der Waals surface area contributed by atoms with Gasteiger partial charge in [0.05, 0.1) is 16.3 Å². The Bertz CT molecular complexity index is 687. The Morgan fingerprint density at radius 1 is 1.42 bits per heavy atom. The highest BCUT2D eigenvalue weighted by molar-refractivity contribution is 7.22. The molecule has 0 aliphatic heterocycles. The Hall–Kier alpha value is -2.46. The summed E-state index contributed by atoms with van der Waals surface area (Å²) in [6.07, 6.45) is 0. The van der Waals surface area contributed by atoms with Gasteiger partial charge in [-0.1, -0.05) is 17.4 Å². The van der Waals surface area contributed by atoms with Crippen molar-refractivity contribution in [2.45, 2.75) is 6.92 Å². The zero-order chi connectivity index (χ0) is 13.8. The van der Waals surface area contributed by atoms with Crippen molar-refractivity contribution in [2.24, 2.45) is 0 Å². The second kappa shape index (κ2) is 5.46. The van der Waals surface area contributed by atoms with Crippen LogP contribution in [0.25, 0.3) is 10.2 Å². The number of thiazole rings is 1. The van der Waals surface area contributed by atoms with E-state index >= 15 is 0 Å². The topological polar surface area (TPSA) is 94.9 Å². The Morgan fingerprint density at radius 2 is 2.21 bits per heavy atom. The van der Waals surface area contributed by atoms with Crippen LogP contribution in [0.2, 0.25) is 0 Å². The normalized spacial score (nSPS) is 9.89. The summed E-state index contributed by atoms with van der Waals surface area (Å²) in [7, 11) is 0. The zero-order valence-electron chi connectivity index (χ0n) is 10.1. The summed E-state index contributed by atoms with van der Waals surface area (Å²) in [4.78, 5) is 27.0. The molecule has 0 fully saturated rings. The lowest BCUT2D eigenvalue weighted by atomic mass is 10.2. The number of aromatic nitrogens is 1. The van der Waals surface area contributed by atoms with E-state index in [1.807, 2.05) is 25.1 Å². The van der Waals surface area contributed by atoms with E-state index in [9.17, 15) is 9.59 Å². The van der Waals surface area contributed by atoms with Gasteiger partial charge in [0, 0.05) is 0 Å². The van der Waals surface area contributed by atoms with Crippen molar-refractivity contribution in [3.8, 4) is 6.07 Å². The average molecular weight is 274 g/mol. The standard InChI is InChI=1S/C12H10N4O2S/c1-7-2-3-8-9(6-7)19-12(15-8)16-11(18)10(17)14-5-4-13/h2-3,6H,5H2,1H3,(H,14,17)(H,15,16,18). The van der Waals surface area contributed by atoms with E-state index < -0.39 is 11.8 Å². The maximum absolute atomic E-state index is 11.5. The summed E-state index contributed by atoms with van der Waals surface area (Å²) in [5.74, 6) is -1.68. The molecule has 0 unspecified atom stereocenters. The third-order valence-electron chi connectivity index (χ3n) is 2.30. The third kappa shape index (κ3) is 3.05. The molecule has 1 heterocycles. The minimum atomic E-state index is -0.850. The molecule has 1 aromatic carbocycles. The first-order valence-electron chi connectivity index (χ1n) is 5.43. The van der Waals surface area contributed by atoms with Gasteiger partial charge >= 0.3 is 11.8 Å². The van der Waals surface area contributed by atoms with E-state index in [4.69, 9.17) is 5.26 Å². The highest BCUT2D eigenvalue weighted by atomic mass is 32.1. The monoisotopic (exact) mass is 274 g/mol. The van der Waals surface area contributed by atoms with Crippen molar-refractivity contribution in [1.29, 1.82) is 5.26 Å². The van der Waals surface area contributed by atoms with Gasteiger partial charge in [0.2, 0.25) is 0 Å². The minimum absolute atomic E-state index is 0.203. The fourth-order valence-electron chi connectivity index (χ4n) is 1.44.